The molecule has 2 rings (SSSR count). The van der Waals surface area contributed by atoms with E-state index < -0.39 is 35.5 Å². The summed E-state index contributed by atoms with van der Waals surface area (Å²) in [4.78, 5) is 13.8. The number of aliphatic hydroxyl groups is 1. The zero-order chi connectivity index (χ0) is 21.6. The highest BCUT2D eigenvalue weighted by molar-refractivity contribution is 5.68. The third kappa shape index (κ3) is 7.79. The Morgan fingerprint density at radius 2 is 1.69 bits per heavy atom. The van der Waals surface area contributed by atoms with Crippen molar-refractivity contribution < 1.29 is 23.4 Å². The fourth-order valence-electron chi connectivity index (χ4n) is 2.84. The minimum Gasteiger partial charge on any atom is -0.444 e. The van der Waals surface area contributed by atoms with Gasteiger partial charge in [0.15, 0.2) is 0 Å². The monoisotopic (exact) mass is 406 g/mol. The van der Waals surface area contributed by atoms with E-state index in [1.807, 2.05) is 30.3 Å². The molecule has 3 N–H and O–H groups in total. The Hall–Kier alpha value is -2.51. The summed E-state index contributed by atoms with van der Waals surface area (Å²) in [6, 6.07) is 11.8. The molecule has 2 aromatic rings. The first-order chi connectivity index (χ1) is 13.5. The van der Waals surface area contributed by atoms with Crippen LogP contribution in [0.4, 0.5) is 13.6 Å². The van der Waals surface area contributed by atoms with Crippen LogP contribution >= 0.6 is 0 Å². The van der Waals surface area contributed by atoms with Gasteiger partial charge in [-0.15, -0.1) is 0 Å². The van der Waals surface area contributed by atoms with E-state index in [1.165, 1.54) is 4.90 Å². The summed E-state index contributed by atoms with van der Waals surface area (Å²) in [6.45, 7) is 4.87. The standard InChI is InChI=1S/C22H28F2N2O3/c1-22(2,3)29-21(28)26(13-16-9-17(23)12-18(24)10-16)14-20(27)19(25)11-15-7-5-4-6-8-15/h4-10,12,19-20,27H,11,13-14,25H2,1-3H3. The lowest BCUT2D eigenvalue weighted by molar-refractivity contribution is 0.00991. The largest absolute Gasteiger partial charge is 0.444 e. The Balaban J connectivity index is 2.14. The fourth-order valence-corrected chi connectivity index (χ4v) is 2.84. The van der Waals surface area contributed by atoms with E-state index in [-0.39, 0.29) is 18.7 Å². The van der Waals surface area contributed by atoms with Crippen LogP contribution in [0.3, 0.4) is 0 Å². The Morgan fingerprint density at radius 1 is 1.10 bits per heavy atom. The summed E-state index contributed by atoms with van der Waals surface area (Å²) in [6.07, 6.45) is -1.34. The molecule has 158 valence electrons. The lowest BCUT2D eigenvalue weighted by atomic mass is 10.0. The molecule has 2 aromatic carbocycles. The topological polar surface area (TPSA) is 75.8 Å². The number of carbonyl (C=O) groups is 1. The van der Waals surface area contributed by atoms with Gasteiger partial charge in [-0.3, -0.25) is 0 Å². The Kier molecular flexibility index (Phi) is 7.70. The highest BCUT2D eigenvalue weighted by Gasteiger charge is 2.27. The second kappa shape index (κ2) is 9.80. The molecular weight excluding hydrogens is 378 g/mol. The predicted octanol–water partition coefficient (Wildman–Crippen LogP) is 3.63. The lowest BCUT2D eigenvalue weighted by Crippen LogP contribution is -2.47. The van der Waals surface area contributed by atoms with Crippen molar-refractivity contribution in [2.75, 3.05) is 6.54 Å². The van der Waals surface area contributed by atoms with Crippen LogP contribution < -0.4 is 5.73 Å². The number of rotatable bonds is 7. The third-order valence-corrected chi connectivity index (χ3v) is 4.16. The Labute approximate surface area is 170 Å². The van der Waals surface area contributed by atoms with Crippen molar-refractivity contribution in [3.8, 4) is 0 Å². The van der Waals surface area contributed by atoms with E-state index in [0.29, 0.717) is 6.42 Å². The minimum atomic E-state index is -1.05. The maximum atomic E-state index is 13.5. The molecule has 0 saturated carbocycles. The normalized spacial score (nSPS) is 13.6. The van der Waals surface area contributed by atoms with Crippen LogP contribution in [0.2, 0.25) is 0 Å². The van der Waals surface area contributed by atoms with E-state index in [2.05, 4.69) is 0 Å². The van der Waals surface area contributed by atoms with Crippen molar-refractivity contribution >= 4 is 6.09 Å². The van der Waals surface area contributed by atoms with E-state index >= 15 is 0 Å². The van der Waals surface area contributed by atoms with Gasteiger partial charge in [-0.1, -0.05) is 30.3 Å². The molecule has 29 heavy (non-hydrogen) atoms. The number of halogens is 2. The van der Waals surface area contributed by atoms with Crippen LogP contribution in [-0.2, 0) is 17.7 Å². The van der Waals surface area contributed by atoms with Crippen molar-refractivity contribution in [1.29, 1.82) is 0 Å². The SMILES string of the molecule is CC(C)(C)OC(=O)N(Cc1cc(F)cc(F)c1)CC(O)C(N)Cc1ccccc1. The predicted molar refractivity (Wildman–Crippen MR) is 107 cm³/mol. The molecule has 0 aliphatic rings. The summed E-state index contributed by atoms with van der Waals surface area (Å²) >= 11 is 0. The third-order valence-electron chi connectivity index (χ3n) is 4.16. The Morgan fingerprint density at radius 3 is 2.24 bits per heavy atom. The van der Waals surface area contributed by atoms with Gasteiger partial charge in [0.25, 0.3) is 0 Å². The molecule has 0 radical (unpaired) electrons. The molecule has 2 atom stereocenters. The molecule has 0 heterocycles. The van der Waals surface area contributed by atoms with E-state index in [1.54, 1.807) is 20.8 Å². The number of hydrogen-bond donors (Lipinski definition) is 2. The summed E-state index contributed by atoms with van der Waals surface area (Å²) in [7, 11) is 0. The van der Waals surface area contributed by atoms with Crippen LogP contribution in [0.25, 0.3) is 0 Å². The summed E-state index contributed by atoms with van der Waals surface area (Å²) in [5.74, 6) is -1.49. The first-order valence-electron chi connectivity index (χ1n) is 9.44. The molecule has 0 aromatic heterocycles. The van der Waals surface area contributed by atoms with Gasteiger partial charge in [0.2, 0.25) is 0 Å². The van der Waals surface area contributed by atoms with Crippen molar-refractivity contribution in [2.45, 2.75) is 51.5 Å². The van der Waals surface area contributed by atoms with Gasteiger partial charge in [-0.25, -0.2) is 13.6 Å². The number of hydrogen-bond acceptors (Lipinski definition) is 4. The van der Waals surface area contributed by atoms with E-state index in [9.17, 15) is 18.7 Å². The second-order valence-electron chi connectivity index (χ2n) is 8.06. The molecule has 0 fully saturated rings. The van der Waals surface area contributed by atoms with Gasteiger partial charge in [0.1, 0.15) is 17.2 Å². The first-order valence-corrected chi connectivity index (χ1v) is 9.44. The summed E-state index contributed by atoms with van der Waals surface area (Å²) in [5, 5.41) is 10.6. The van der Waals surface area contributed by atoms with Crippen molar-refractivity contribution in [3.63, 3.8) is 0 Å². The van der Waals surface area contributed by atoms with Gasteiger partial charge in [-0.2, -0.15) is 0 Å². The number of carbonyl (C=O) groups excluding carboxylic acids is 1. The quantitative estimate of drug-likeness (QED) is 0.736. The molecule has 5 nitrogen and oxygen atoms in total. The van der Waals surface area contributed by atoms with Gasteiger partial charge >= 0.3 is 6.09 Å². The zero-order valence-corrected chi connectivity index (χ0v) is 16.9. The average molecular weight is 406 g/mol. The minimum absolute atomic E-state index is 0.126. The van der Waals surface area contributed by atoms with Crippen LogP contribution in [0, 0.1) is 11.6 Å². The average Bonchev–Trinajstić information content (AvgIpc) is 2.59. The number of nitrogens with zero attached hydrogens (tertiary/aromatic N) is 1. The molecule has 0 spiro atoms. The van der Waals surface area contributed by atoms with E-state index in [4.69, 9.17) is 10.5 Å². The molecule has 0 aliphatic carbocycles. The van der Waals surface area contributed by atoms with Gasteiger partial charge in [0.05, 0.1) is 12.6 Å². The zero-order valence-electron chi connectivity index (χ0n) is 16.9. The lowest BCUT2D eigenvalue weighted by Gasteiger charge is -2.30. The smallest absolute Gasteiger partial charge is 0.410 e. The number of ether oxygens (including phenoxy) is 1. The number of amides is 1. The fraction of sp³-hybridized carbons (Fsp3) is 0.409. The maximum Gasteiger partial charge on any atom is 0.410 e. The molecule has 2 unspecified atom stereocenters. The molecule has 0 bridgehead atoms. The molecule has 1 amide bonds. The van der Waals surface area contributed by atoms with Crippen molar-refractivity contribution in [3.05, 3.63) is 71.3 Å². The van der Waals surface area contributed by atoms with Crippen LogP contribution in [-0.4, -0.2) is 40.4 Å². The van der Waals surface area contributed by atoms with Crippen molar-refractivity contribution in [1.82, 2.24) is 4.90 Å². The number of nitrogens with two attached hydrogens (primary N) is 1. The van der Waals surface area contributed by atoms with Crippen LogP contribution in [0.15, 0.2) is 48.5 Å². The molecular formula is C22H28F2N2O3. The van der Waals surface area contributed by atoms with Crippen LogP contribution in [0.5, 0.6) is 0 Å². The van der Waals surface area contributed by atoms with Gasteiger partial charge < -0.3 is 20.5 Å². The molecule has 0 saturated heterocycles. The Bertz CT molecular complexity index is 789. The van der Waals surface area contributed by atoms with E-state index in [0.717, 1.165) is 23.8 Å². The van der Waals surface area contributed by atoms with Gasteiger partial charge in [-0.05, 0) is 50.5 Å². The number of benzene rings is 2. The highest BCUT2D eigenvalue weighted by Crippen LogP contribution is 2.16. The van der Waals surface area contributed by atoms with Crippen LogP contribution in [0.1, 0.15) is 31.9 Å². The highest BCUT2D eigenvalue weighted by atomic mass is 19.1. The summed E-state index contributed by atoms with van der Waals surface area (Å²) < 4.78 is 32.5. The first kappa shape index (κ1) is 22.8. The summed E-state index contributed by atoms with van der Waals surface area (Å²) in [5.41, 5.74) is 6.55. The molecule has 7 heteroatoms. The maximum absolute atomic E-state index is 13.5. The number of aliphatic hydroxyl groups excluding tert-OH is 1. The second-order valence-corrected chi connectivity index (χ2v) is 8.06. The molecule has 0 aliphatic heterocycles. The van der Waals surface area contributed by atoms with Crippen molar-refractivity contribution in [2.24, 2.45) is 5.73 Å². The van der Waals surface area contributed by atoms with Gasteiger partial charge in [0, 0.05) is 18.7 Å².